The van der Waals surface area contributed by atoms with Crippen LogP contribution in [0.15, 0.2) is 50.6 Å². The van der Waals surface area contributed by atoms with E-state index in [1.54, 1.807) is 11.8 Å². The van der Waals surface area contributed by atoms with Crippen molar-refractivity contribution in [3.8, 4) is 0 Å². The van der Waals surface area contributed by atoms with E-state index in [4.69, 9.17) is 0 Å². The molecule has 0 spiro atoms. The lowest BCUT2D eigenvalue weighted by atomic mass is 10.3. The number of aromatic nitrogens is 2. The van der Waals surface area contributed by atoms with E-state index >= 15 is 0 Å². The third-order valence-corrected chi connectivity index (χ3v) is 5.66. The van der Waals surface area contributed by atoms with E-state index in [-0.39, 0.29) is 18.0 Å². The number of hydrogen-bond acceptors (Lipinski definition) is 6. The summed E-state index contributed by atoms with van der Waals surface area (Å²) in [7, 11) is 0. The smallest absolute Gasteiger partial charge is 0.272 e. The van der Waals surface area contributed by atoms with Gasteiger partial charge >= 0.3 is 0 Å². The van der Waals surface area contributed by atoms with Gasteiger partial charge in [0.25, 0.3) is 5.56 Å². The van der Waals surface area contributed by atoms with Crippen LogP contribution in [0.25, 0.3) is 10.2 Å². The summed E-state index contributed by atoms with van der Waals surface area (Å²) in [6.45, 7) is -0.0562. The first kappa shape index (κ1) is 17.1. The van der Waals surface area contributed by atoms with Crippen molar-refractivity contribution in [3.05, 3.63) is 46.1 Å². The average Bonchev–Trinajstić information content (AvgIpc) is 3.06. The molecule has 0 saturated heterocycles. The maximum Gasteiger partial charge on any atom is 0.272 e. The Morgan fingerprint density at radius 2 is 2.12 bits per heavy atom. The van der Waals surface area contributed by atoms with Gasteiger partial charge in [0.2, 0.25) is 5.91 Å². The quantitative estimate of drug-likeness (QED) is 0.544. The van der Waals surface area contributed by atoms with E-state index in [0.717, 1.165) is 10.6 Å². The molecule has 0 unspecified atom stereocenters. The van der Waals surface area contributed by atoms with Crippen LogP contribution in [-0.2, 0) is 11.3 Å². The first-order valence-electron chi connectivity index (χ1n) is 7.08. The molecular weight excluding hydrogens is 362 g/mol. The highest BCUT2D eigenvalue weighted by Crippen LogP contribution is 2.20. The van der Waals surface area contributed by atoms with Crippen molar-refractivity contribution in [2.24, 2.45) is 0 Å². The fourth-order valence-corrected chi connectivity index (χ4v) is 4.06. The standard InChI is InChI=1S/C16H15N3O2S3/c1-22-11-5-3-4-10(8-11)17-13(20)9-19-15(21)14-12(6-7-24-14)18-16(19)23-2/h3-8H,9H2,1-2H3,(H,17,20). The predicted octanol–water partition coefficient (Wildman–Crippen LogP) is 3.54. The zero-order valence-corrected chi connectivity index (χ0v) is 15.6. The first-order valence-corrected chi connectivity index (χ1v) is 10.4. The highest BCUT2D eigenvalue weighted by molar-refractivity contribution is 7.98. The molecule has 0 saturated carbocycles. The van der Waals surface area contributed by atoms with Gasteiger partial charge in [-0.05, 0) is 42.2 Å². The Morgan fingerprint density at radius 3 is 2.88 bits per heavy atom. The SMILES string of the molecule is CSc1cccc(NC(=O)Cn2c(SC)nc3ccsc3c2=O)c1. The summed E-state index contributed by atoms with van der Waals surface area (Å²) in [6.07, 6.45) is 3.82. The van der Waals surface area contributed by atoms with Crippen molar-refractivity contribution in [2.45, 2.75) is 16.6 Å². The summed E-state index contributed by atoms with van der Waals surface area (Å²) in [5, 5.41) is 5.22. The van der Waals surface area contributed by atoms with Gasteiger partial charge in [-0.2, -0.15) is 0 Å². The summed E-state index contributed by atoms with van der Waals surface area (Å²) in [6, 6.07) is 9.42. The lowest BCUT2D eigenvalue weighted by molar-refractivity contribution is -0.116. The molecule has 1 N–H and O–H groups in total. The molecular formula is C16H15N3O2S3. The Kier molecular flexibility index (Phi) is 5.27. The van der Waals surface area contributed by atoms with Crippen LogP contribution >= 0.6 is 34.9 Å². The topological polar surface area (TPSA) is 64.0 Å². The van der Waals surface area contributed by atoms with Crippen molar-refractivity contribution in [1.82, 2.24) is 9.55 Å². The van der Waals surface area contributed by atoms with Gasteiger partial charge in [0.05, 0.1) is 5.52 Å². The molecule has 2 heterocycles. The molecule has 1 amide bonds. The van der Waals surface area contributed by atoms with Gasteiger partial charge in [0, 0.05) is 10.6 Å². The van der Waals surface area contributed by atoms with Crippen LogP contribution in [0.1, 0.15) is 0 Å². The summed E-state index contributed by atoms with van der Waals surface area (Å²) in [5.74, 6) is -0.247. The third kappa shape index (κ3) is 3.50. The average molecular weight is 378 g/mol. The molecule has 0 aliphatic carbocycles. The van der Waals surface area contributed by atoms with E-state index in [0.29, 0.717) is 15.4 Å². The number of carbonyl (C=O) groups is 1. The molecule has 2 aromatic heterocycles. The van der Waals surface area contributed by atoms with E-state index in [1.165, 1.54) is 27.7 Å². The number of nitrogens with one attached hydrogen (secondary N) is 1. The van der Waals surface area contributed by atoms with Gasteiger partial charge in [0.15, 0.2) is 5.16 Å². The minimum Gasteiger partial charge on any atom is -0.324 e. The lowest BCUT2D eigenvalue weighted by Crippen LogP contribution is -2.29. The second kappa shape index (κ2) is 7.42. The number of benzene rings is 1. The molecule has 124 valence electrons. The maximum absolute atomic E-state index is 12.6. The number of anilines is 1. The number of carbonyl (C=O) groups excluding carboxylic acids is 1. The number of thioether (sulfide) groups is 2. The molecule has 3 rings (SSSR count). The number of fused-ring (bicyclic) bond motifs is 1. The summed E-state index contributed by atoms with van der Waals surface area (Å²) in [4.78, 5) is 30.5. The van der Waals surface area contributed by atoms with Crippen LogP contribution < -0.4 is 10.9 Å². The molecule has 3 aromatic rings. The highest BCUT2D eigenvalue weighted by Gasteiger charge is 2.14. The molecule has 24 heavy (non-hydrogen) atoms. The summed E-state index contributed by atoms with van der Waals surface area (Å²) >= 11 is 4.31. The van der Waals surface area contributed by atoms with Crippen LogP contribution in [0.2, 0.25) is 0 Å². The Hall–Kier alpha value is -1.77. The zero-order chi connectivity index (χ0) is 17.1. The molecule has 0 radical (unpaired) electrons. The summed E-state index contributed by atoms with van der Waals surface area (Å²) < 4.78 is 2.00. The van der Waals surface area contributed by atoms with Crippen molar-refractivity contribution in [1.29, 1.82) is 0 Å². The fraction of sp³-hybridized carbons (Fsp3) is 0.188. The number of nitrogens with zero attached hydrogens (tertiary/aromatic N) is 2. The Bertz CT molecular complexity index is 949. The molecule has 1 aromatic carbocycles. The molecule has 5 nitrogen and oxygen atoms in total. The van der Waals surface area contributed by atoms with Crippen LogP contribution in [0, 0.1) is 0 Å². The van der Waals surface area contributed by atoms with Crippen molar-refractivity contribution >= 4 is 56.7 Å². The highest BCUT2D eigenvalue weighted by atomic mass is 32.2. The largest absolute Gasteiger partial charge is 0.324 e. The van der Waals surface area contributed by atoms with Gasteiger partial charge in [-0.25, -0.2) is 4.98 Å². The minimum absolute atomic E-state index is 0.0562. The molecule has 8 heteroatoms. The molecule has 0 bridgehead atoms. The normalized spacial score (nSPS) is 10.9. The lowest BCUT2D eigenvalue weighted by Gasteiger charge is -2.11. The predicted molar refractivity (Wildman–Crippen MR) is 103 cm³/mol. The number of rotatable bonds is 5. The van der Waals surface area contributed by atoms with Gasteiger partial charge < -0.3 is 5.32 Å². The van der Waals surface area contributed by atoms with E-state index in [1.807, 2.05) is 48.2 Å². The second-order valence-corrected chi connectivity index (χ2v) is 7.47. The number of hydrogen-bond donors (Lipinski definition) is 1. The minimum atomic E-state index is -0.247. The number of amides is 1. The summed E-state index contributed by atoms with van der Waals surface area (Å²) in [5.41, 5.74) is 1.22. The van der Waals surface area contributed by atoms with Crippen molar-refractivity contribution < 1.29 is 4.79 Å². The fourth-order valence-electron chi connectivity index (χ4n) is 2.26. The van der Waals surface area contributed by atoms with Gasteiger partial charge in [-0.15, -0.1) is 23.1 Å². The Morgan fingerprint density at radius 1 is 1.29 bits per heavy atom. The second-order valence-electron chi connectivity index (χ2n) is 4.90. The van der Waals surface area contributed by atoms with Crippen LogP contribution in [0.5, 0.6) is 0 Å². The van der Waals surface area contributed by atoms with E-state index < -0.39 is 0 Å². The Balaban J connectivity index is 1.87. The molecule has 0 aliphatic rings. The Labute approximate surface area is 151 Å². The van der Waals surface area contributed by atoms with Crippen LogP contribution in [0.3, 0.4) is 0 Å². The van der Waals surface area contributed by atoms with Gasteiger partial charge in [-0.1, -0.05) is 17.8 Å². The van der Waals surface area contributed by atoms with Crippen LogP contribution in [0.4, 0.5) is 5.69 Å². The maximum atomic E-state index is 12.6. The molecule has 0 fully saturated rings. The number of thiophene rings is 1. The van der Waals surface area contributed by atoms with Crippen molar-refractivity contribution in [2.75, 3.05) is 17.8 Å². The zero-order valence-electron chi connectivity index (χ0n) is 13.1. The van der Waals surface area contributed by atoms with Crippen molar-refractivity contribution in [3.63, 3.8) is 0 Å². The monoisotopic (exact) mass is 377 g/mol. The molecule has 0 atom stereocenters. The van der Waals surface area contributed by atoms with Gasteiger partial charge in [0.1, 0.15) is 11.2 Å². The van der Waals surface area contributed by atoms with Gasteiger partial charge in [-0.3, -0.25) is 14.2 Å². The van der Waals surface area contributed by atoms with Crippen LogP contribution in [-0.4, -0.2) is 28.0 Å². The first-order chi connectivity index (χ1) is 11.6. The third-order valence-electron chi connectivity index (χ3n) is 3.37. The molecule has 0 aliphatic heterocycles. The van der Waals surface area contributed by atoms with E-state index in [9.17, 15) is 9.59 Å². The van der Waals surface area contributed by atoms with E-state index in [2.05, 4.69) is 10.3 Å².